The third-order valence-electron chi connectivity index (χ3n) is 4.64. The number of aliphatic carboxylic acids is 1. The summed E-state index contributed by atoms with van der Waals surface area (Å²) in [5, 5.41) is 22.3. The van der Waals surface area contributed by atoms with Gasteiger partial charge in [-0.25, -0.2) is 5.43 Å². The molecule has 0 spiro atoms. The van der Waals surface area contributed by atoms with Crippen molar-refractivity contribution in [2.45, 2.75) is 6.17 Å². The number of carboxylic acid groups (broad SMARTS) is 1. The summed E-state index contributed by atoms with van der Waals surface area (Å²) in [4.78, 5) is 27.4. The number of rotatable bonds is 5. The first-order chi connectivity index (χ1) is 13.5. The Morgan fingerprint density at radius 1 is 1.36 bits per heavy atom. The van der Waals surface area contributed by atoms with Crippen molar-refractivity contribution in [3.05, 3.63) is 63.0 Å². The highest BCUT2D eigenvalue weighted by Crippen LogP contribution is 2.35. The zero-order valence-corrected chi connectivity index (χ0v) is 15.5. The van der Waals surface area contributed by atoms with Gasteiger partial charge in [-0.3, -0.25) is 24.9 Å². The van der Waals surface area contributed by atoms with Crippen molar-refractivity contribution in [2.24, 2.45) is 10.9 Å². The van der Waals surface area contributed by atoms with E-state index < -0.39 is 23.0 Å². The van der Waals surface area contributed by atoms with Gasteiger partial charge in [-0.1, -0.05) is 11.3 Å². The number of benzene rings is 1. The van der Waals surface area contributed by atoms with Crippen molar-refractivity contribution < 1.29 is 19.6 Å². The molecule has 10 heteroatoms. The van der Waals surface area contributed by atoms with Gasteiger partial charge in [0.05, 0.1) is 28.3 Å². The van der Waals surface area contributed by atoms with E-state index in [0.29, 0.717) is 16.3 Å². The zero-order valence-electron chi connectivity index (χ0n) is 14.7. The van der Waals surface area contributed by atoms with E-state index in [1.54, 1.807) is 18.2 Å². The second-order valence-electron chi connectivity index (χ2n) is 6.26. The molecule has 2 aliphatic rings. The highest BCUT2D eigenvalue weighted by atomic mass is 32.1. The van der Waals surface area contributed by atoms with Crippen LogP contribution < -0.4 is 10.2 Å². The number of carboxylic acids is 1. The van der Waals surface area contributed by atoms with Gasteiger partial charge in [0.25, 0.3) is 0 Å². The Bertz CT molecular complexity index is 998. The van der Waals surface area contributed by atoms with Crippen molar-refractivity contribution in [1.82, 2.24) is 10.4 Å². The van der Waals surface area contributed by atoms with Crippen LogP contribution in [0, 0.1) is 16.0 Å². The van der Waals surface area contributed by atoms with Crippen LogP contribution in [0.1, 0.15) is 10.4 Å². The van der Waals surface area contributed by atoms with Crippen LogP contribution in [0.15, 0.2) is 47.5 Å². The average molecular weight is 400 g/mol. The molecule has 1 aromatic heterocycles. The fourth-order valence-electron chi connectivity index (χ4n) is 3.23. The Morgan fingerprint density at radius 2 is 2.11 bits per heavy atom. The van der Waals surface area contributed by atoms with E-state index in [4.69, 9.17) is 4.74 Å². The number of carbonyl (C=O) groups is 1. The fraction of sp³-hybridized carbons (Fsp3) is 0.222. The molecule has 0 saturated carbocycles. The lowest BCUT2D eigenvalue weighted by Crippen LogP contribution is -2.40. The van der Waals surface area contributed by atoms with E-state index in [-0.39, 0.29) is 11.5 Å². The molecule has 1 fully saturated rings. The van der Waals surface area contributed by atoms with E-state index in [0.717, 1.165) is 22.6 Å². The maximum absolute atomic E-state index is 11.7. The van der Waals surface area contributed by atoms with Crippen molar-refractivity contribution in [3.8, 4) is 5.75 Å². The molecule has 1 aromatic carbocycles. The number of nitro groups is 1. The summed E-state index contributed by atoms with van der Waals surface area (Å²) in [6.45, 7) is 0.245. The van der Waals surface area contributed by atoms with Crippen LogP contribution in [0.25, 0.3) is 5.70 Å². The lowest BCUT2D eigenvalue weighted by atomic mass is 10.0. The number of aliphatic imine (C=N–C) groups is 1. The summed E-state index contributed by atoms with van der Waals surface area (Å²) in [6, 6.07) is 10.4. The van der Waals surface area contributed by atoms with Gasteiger partial charge in [-0.05, 0) is 42.0 Å². The molecule has 2 aromatic rings. The minimum Gasteiger partial charge on any atom is -0.497 e. The maximum Gasteiger partial charge on any atom is 0.324 e. The molecule has 3 heterocycles. The minimum absolute atomic E-state index is 0.0128. The minimum atomic E-state index is -0.948. The summed E-state index contributed by atoms with van der Waals surface area (Å²) in [5.74, 6) is -0.972. The lowest BCUT2D eigenvalue weighted by molar-refractivity contribution is -0.380. The van der Waals surface area contributed by atoms with Crippen molar-refractivity contribution in [2.75, 3.05) is 13.7 Å². The number of fused-ring (bicyclic) bond motifs is 1. The van der Waals surface area contributed by atoms with Crippen LogP contribution in [-0.2, 0) is 4.79 Å². The molecule has 4 rings (SSSR count). The quantitative estimate of drug-likeness (QED) is 0.584. The van der Waals surface area contributed by atoms with Gasteiger partial charge in [-0.15, -0.1) is 0 Å². The van der Waals surface area contributed by atoms with Gasteiger partial charge in [0, 0.05) is 12.6 Å². The molecular weight excluding hydrogens is 384 g/mol. The second-order valence-corrected chi connectivity index (χ2v) is 7.32. The molecule has 28 heavy (non-hydrogen) atoms. The van der Waals surface area contributed by atoms with Gasteiger partial charge in [0.15, 0.2) is 6.17 Å². The number of nitrogens with zero attached hydrogens (tertiary/aromatic N) is 3. The maximum atomic E-state index is 11.7. The van der Waals surface area contributed by atoms with Crippen molar-refractivity contribution >= 4 is 33.7 Å². The van der Waals surface area contributed by atoms with E-state index >= 15 is 0 Å². The number of hydrogen-bond acceptors (Lipinski definition) is 8. The highest BCUT2D eigenvalue weighted by Gasteiger charge is 2.42. The van der Waals surface area contributed by atoms with Gasteiger partial charge in [0.2, 0.25) is 0 Å². The first kappa shape index (κ1) is 18.1. The van der Waals surface area contributed by atoms with Crippen LogP contribution in [-0.4, -0.2) is 46.5 Å². The van der Waals surface area contributed by atoms with Crippen molar-refractivity contribution in [3.63, 3.8) is 0 Å². The number of hydrazine groups is 1. The fourth-order valence-corrected chi connectivity index (χ4v) is 4.02. The number of thiophene rings is 1. The average Bonchev–Trinajstić information content (AvgIpc) is 3.34. The number of hydrogen-bond donors (Lipinski definition) is 2. The Balaban J connectivity index is 1.78. The second kappa shape index (κ2) is 7.06. The van der Waals surface area contributed by atoms with Crippen LogP contribution in [0.4, 0.5) is 5.00 Å². The zero-order chi connectivity index (χ0) is 19.8. The molecular formula is C18H16N4O5S. The van der Waals surface area contributed by atoms with Crippen LogP contribution in [0.2, 0.25) is 0 Å². The van der Waals surface area contributed by atoms with Gasteiger partial charge < -0.3 is 9.84 Å². The molecule has 0 radical (unpaired) electrons. The summed E-state index contributed by atoms with van der Waals surface area (Å²) in [5.41, 5.74) is 5.23. The summed E-state index contributed by atoms with van der Waals surface area (Å²) < 4.78 is 5.19. The third kappa shape index (κ3) is 3.12. The standard InChI is InChI=1S/C18H16N4O5S/c1-27-11-4-2-10(3-5-11)14-8-13(15-6-7-16(28-15)22(25)26)20-17-12(18(23)24)9-19-21(14)17/h2-8,12,17,19H,9H2,1H3,(H,23,24). The molecule has 2 atom stereocenters. The Kier molecular flexibility index (Phi) is 4.57. The molecule has 2 unspecified atom stereocenters. The molecule has 0 aliphatic carbocycles. The van der Waals surface area contributed by atoms with E-state index in [1.165, 1.54) is 6.07 Å². The first-order valence-electron chi connectivity index (χ1n) is 8.42. The number of methoxy groups -OCH3 is 1. The van der Waals surface area contributed by atoms with E-state index in [1.807, 2.05) is 30.3 Å². The van der Waals surface area contributed by atoms with Gasteiger partial charge in [0.1, 0.15) is 11.7 Å². The summed E-state index contributed by atoms with van der Waals surface area (Å²) in [6.07, 6.45) is 1.17. The van der Waals surface area contributed by atoms with Crippen LogP contribution in [0.5, 0.6) is 5.75 Å². The summed E-state index contributed by atoms with van der Waals surface area (Å²) in [7, 11) is 1.58. The molecule has 9 nitrogen and oxygen atoms in total. The third-order valence-corrected chi connectivity index (χ3v) is 5.70. The molecule has 1 saturated heterocycles. The van der Waals surface area contributed by atoms with Crippen molar-refractivity contribution in [1.29, 1.82) is 0 Å². The molecule has 2 N–H and O–H groups in total. The lowest BCUT2D eigenvalue weighted by Gasteiger charge is -2.31. The predicted octanol–water partition coefficient (Wildman–Crippen LogP) is 2.36. The van der Waals surface area contributed by atoms with E-state index in [2.05, 4.69) is 10.4 Å². The van der Waals surface area contributed by atoms with Crippen LogP contribution in [0.3, 0.4) is 0 Å². The smallest absolute Gasteiger partial charge is 0.324 e. The summed E-state index contributed by atoms with van der Waals surface area (Å²) >= 11 is 1.01. The monoisotopic (exact) mass is 400 g/mol. The molecule has 0 bridgehead atoms. The normalized spacial score (nSPS) is 21.0. The van der Waals surface area contributed by atoms with E-state index in [9.17, 15) is 20.0 Å². The van der Waals surface area contributed by atoms with Crippen LogP contribution >= 0.6 is 11.3 Å². The first-order valence-corrected chi connectivity index (χ1v) is 9.23. The largest absolute Gasteiger partial charge is 0.497 e. The molecule has 0 amide bonds. The highest BCUT2D eigenvalue weighted by molar-refractivity contribution is 7.17. The molecule has 2 aliphatic heterocycles. The SMILES string of the molecule is COc1ccc(C2=CC(c3ccc([N+](=O)[O-])s3)=NC3C(C(=O)O)CNN23)cc1. The molecule has 144 valence electrons. The van der Waals surface area contributed by atoms with Gasteiger partial charge >= 0.3 is 11.0 Å². The number of ether oxygens (including phenoxy) is 1. The topological polar surface area (TPSA) is 117 Å². The Hall–Kier alpha value is -3.24. The predicted molar refractivity (Wildman–Crippen MR) is 103 cm³/mol. The Labute approximate surface area is 163 Å². The Morgan fingerprint density at radius 3 is 2.71 bits per heavy atom. The number of nitrogens with one attached hydrogen (secondary N) is 1. The number of allylic oxidation sites excluding steroid dienone is 1. The van der Waals surface area contributed by atoms with Gasteiger partial charge in [-0.2, -0.15) is 0 Å².